The Kier molecular flexibility index (Phi) is 7.15. The molecule has 2 heterocycles. The number of halogens is 2. The molecule has 0 saturated carbocycles. The lowest BCUT2D eigenvalue weighted by Gasteiger charge is -2.26. The molecule has 9 heteroatoms. The van der Waals surface area contributed by atoms with Crippen molar-refractivity contribution in [3.8, 4) is 11.4 Å². The number of nitrogens with one attached hydrogen (secondary N) is 3. The molecular weight excluding hydrogens is 532 g/mol. The average molecular weight is 560 g/mol. The lowest BCUT2D eigenvalue weighted by molar-refractivity contribution is 0.0261. The molecule has 4 rings (SSSR count). The van der Waals surface area contributed by atoms with Gasteiger partial charge in [-0.2, -0.15) is 0 Å². The van der Waals surface area contributed by atoms with E-state index in [-0.39, 0.29) is 12.5 Å². The molecule has 0 saturated heterocycles. The number of amides is 2. The summed E-state index contributed by atoms with van der Waals surface area (Å²) in [4.78, 5) is 34.2. The number of likely N-dealkylation sites (N-methyl/N-ethyl adjacent to an activating group) is 1. The highest BCUT2D eigenvalue weighted by atomic mass is 79.9. The Hall–Kier alpha value is -2.97. The van der Waals surface area contributed by atoms with Crippen LogP contribution in [0.3, 0.4) is 0 Å². The molecule has 2 amide bonds. The number of carbonyl (C=O) groups is 2. The maximum Gasteiger partial charge on any atom is 0.410 e. The van der Waals surface area contributed by atoms with Gasteiger partial charge in [0, 0.05) is 50.9 Å². The summed E-state index contributed by atoms with van der Waals surface area (Å²) in [6.45, 7) is 8.47. The van der Waals surface area contributed by atoms with E-state index in [1.165, 1.54) is 0 Å². The summed E-state index contributed by atoms with van der Waals surface area (Å²) in [5, 5.41) is 5.37. The van der Waals surface area contributed by atoms with Gasteiger partial charge in [-0.05, 0) is 64.1 Å². The SMILES string of the molecule is CCN(CCNC(=O)c1c(-c2cc3cc(Cl)ccc3[nH]2)[nH]c2cc(Br)ccc12)C(=O)OC(C)(C)C. The van der Waals surface area contributed by atoms with Crippen LogP contribution in [0.1, 0.15) is 38.1 Å². The molecule has 3 N–H and O–H groups in total. The summed E-state index contributed by atoms with van der Waals surface area (Å²) >= 11 is 9.66. The lowest BCUT2D eigenvalue weighted by atomic mass is 10.1. The van der Waals surface area contributed by atoms with Crippen LogP contribution in [0, 0.1) is 0 Å². The Morgan fingerprint density at radius 2 is 1.86 bits per heavy atom. The molecule has 7 nitrogen and oxygen atoms in total. The van der Waals surface area contributed by atoms with Crippen molar-refractivity contribution >= 4 is 61.3 Å². The maximum absolute atomic E-state index is 13.4. The van der Waals surface area contributed by atoms with Gasteiger partial charge in [-0.25, -0.2) is 4.79 Å². The number of aromatic amines is 2. The minimum atomic E-state index is -0.579. The number of hydrogen-bond acceptors (Lipinski definition) is 3. The van der Waals surface area contributed by atoms with E-state index in [1.54, 1.807) is 4.90 Å². The van der Waals surface area contributed by atoms with E-state index in [4.69, 9.17) is 16.3 Å². The standard InChI is InChI=1S/C26H28BrClN4O3/c1-5-32(25(34)35-26(2,3)4)11-10-29-24(33)22-18-8-6-16(27)14-20(18)31-23(22)21-13-15-12-17(28)7-9-19(15)30-21/h6-9,12-14,30-31H,5,10-11H2,1-4H3,(H,29,33). The van der Waals surface area contributed by atoms with Crippen molar-refractivity contribution in [3.05, 3.63) is 57.5 Å². The van der Waals surface area contributed by atoms with Gasteiger partial charge in [0.15, 0.2) is 0 Å². The first-order valence-corrected chi connectivity index (χ1v) is 12.6. The summed E-state index contributed by atoms with van der Waals surface area (Å²) in [5.41, 5.74) is 3.17. The fourth-order valence-corrected chi connectivity index (χ4v) is 4.49. The monoisotopic (exact) mass is 558 g/mol. The number of carbonyl (C=O) groups excluding carboxylic acids is 2. The predicted molar refractivity (Wildman–Crippen MR) is 144 cm³/mol. The highest BCUT2D eigenvalue weighted by Gasteiger charge is 2.23. The number of rotatable bonds is 6. The Labute approximate surface area is 217 Å². The minimum Gasteiger partial charge on any atom is -0.444 e. The van der Waals surface area contributed by atoms with E-state index >= 15 is 0 Å². The van der Waals surface area contributed by atoms with Crippen LogP contribution in [0.2, 0.25) is 5.02 Å². The Bertz CT molecular complexity index is 1400. The van der Waals surface area contributed by atoms with E-state index in [0.717, 1.165) is 32.0 Å². The molecule has 4 aromatic rings. The van der Waals surface area contributed by atoms with Crippen molar-refractivity contribution < 1.29 is 14.3 Å². The molecule has 0 spiro atoms. The third-order valence-corrected chi connectivity index (χ3v) is 6.27. The molecule has 0 aliphatic carbocycles. The topological polar surface area (TPSA) is 90.2 Å². The van der Waals surface area contributed by atoms with Crippen LogP contribution in [-0.2, 0) is 4.74 Å². The summed E-state index contributed by atoms with van der Waals surface area (Å²) in [5.74, 6) is -0.231. The number of nitrogens with zero attached hydrogens (tertiary/aromatic N) is 1. The van der Waals surface area contributed by atoms with Gasteiger partial charge in [-0.15, -0.1) is 0 Å². The minimum absolute atomic E-state index is 0.231. The van der Waals surface area contributed by atoms with Crippen molar-refractivity contribution in [3.63, 3.8) is 0 Å². The molecule has 0 unspecified atom stereocenters. The van der Waals surface area contributed by atoms with Crippen LogP contribution in [-0.4, -0.2) is 52.1 Å². The zero-order chi connectivity index (χ0) is 25.3. The second kappa shape index (κ2) is 9.95. The second-order valence-electron chi connectivity index (χ2n) is 9.30. The number of H-pyrrole nitrogens is 2. The third-order valence-electron chi connectivity index (χ3n) is 5.54. The van der Waals surface area contributed by atoms with Crippen molar-refractivity contribution in [2.24, 2.45) is 0 Å². The summed E-state index contributed by atoms with van der Waals surface area (Å²) < 4.78 is 6.36. The largest absolute Gasteiger partial charge is 0.444 e. The molecule has 0 bridgehead atoms. The van der Waals surface area contributed by atoms with Crippen LogP contribution >= 0.6 is 27.5 Å². The highest BCUT2D eigenvalue weighted by Crippen LogP contribution is 2.33. The van der Waals surface area contributed by atoms with E-state index in [0.29, 0.717) is 29.4 Å². The smallest absolute Gasteiger partial charge is 0.410 e. The van der Waals surface area contributed by atoms with Gasteiger partial charge >= 0.3 is 6.09 Å². The van der Waals surface area contributed by atoms with Crippen molar-refractivity contribution in [2.75, 3.05) is 19.6 Å². The Morgan fingerprint density at radius 1 is 1.09 bits per heavy atom. The fraction of sp³-hybridized carbons (Fsp3) is 0.308. The van der Waals surface area contributed by atoms with E-state index in [1.807, 2.05) is 70.2 Å². The van der Waals surface area contributed by atoms with E-state index in [9.17, 15) is 9.59 Å². The molecule has 0 fully saturated rings. The van der Waals surface area contributed by atoms with Gasteiger partial charge in [0.05, 0.1) is 17.0 Å². The predicted octanol–water partition coefficient (Wildman–Crippen LogP) is 6.72. The first-order valence-electron chi connectivity index (χ1n) is 11.4. The molecule has 0 aliphatic rings. The van der Waals surface area contributed by atoms with Gasteiger partial charge < -0.3 is 24.9 Å². The van der Waals surface area contributed by atoms with Crippen molar-refractivity contribution in [1.29, 1.82) is 0 Å². The Balaban J connectivity index is 1.61. The molecule has 184 valence electrons. The molecule has 0 atom stereocenters. The number of aromatic nitrogens is 2. The van der Waals surface area contributed by atoms with Crippen molar-refractivity contribution in [1.82, 2.24) is 20.2 Å². The zero-order valence-electron chi connectivity index (χ0n) is 20.1. The molecule has 0 aliphatic heterocycles. The fourth-order valence-electron chi connectivity index (χ4n) is 3.94. The van der Waals surface area contributed by atoms with Crippen LogP contribution in [0.15, 0.2) is 46.9 Å². The second-order valence-corrected chi connectivity index (χ2v) is 10.6. The highest BCUT2D eigenvalue weighted by molar-refractivity contribution is 9.10. The van der Waals surface area contributed by atoms with Crippen molar-refractivity contribution in [2.45, 2.75) is 33.3 Å². The number of fused-ring (bicyclic) bond motifs is 2. The quantitative estimate of drug-likeness (QED) is 0.245. The molecular formula is C26H28BrClN4O3. The lowest BCUT2D eigenvalue weighted by Crippen LogP contribution is -2.41. The van der Waals surface area contributed by atoms with Gasteiger partial charge in [0.1, 0.15) is 5.60 Å². The number of benzene rings is 2. The molecule has 2 aromatic carbocycles. The van der Waals surface area contributed by atoms with Gasteiger partial charge in [-0.1, -0.05) is 33.6 Å². The summed E-state index contributed by atoms with van der Waals surface area (Å²) in [6, 6.07) is 13.3. The van der Waals surface area contributed by atoms with Crippen LogP contribution in [0.25, 0.3) is 33.2 Å². The summed E-state index contributed by atoms with van der Waals surface area (Å²) in [7, 11) is 0. The van der Waals surface area contributed by atoms with Gasteiger partial charge in [-0.3, -0.25) is 4.79 Å². The van der Waals surface area contributed by atoms with Gasteiger partial charge in [0.25, 0.3) is 5.91 Å². The van der Waals surface area contributed by atoms with E-state index in [2.05, 4.69) is 31.2 Å². The van der Waals surface area contributed by atoms with E-state index < -0.39 is 11.7 Å². The molecule has 0 radical (unpaired) electrons. The normalized spacial score (nSPS) is 11.7. The number of hydrogen-bond donors (Lipinski definition) is 3. The zero-order valence-corrected chi connectivity index (χ0v) is 22.4. The average Bonchev–Trinajstić information content (AvgIpc) is 3.35. The molecule has 2 aromatic heterocycles. The third kappa shape index (κ3) is 5.65. The first-order chi connectivity index (χ1) is 16.6. The van der Waals surface area contributed by atoms with Crippen LogP contribution in [0.5, 0.6) is 0 Å². The number of ether oxygens (including phenoxy) is 1. The van der Waals surface area contributed by atoms with Crippen LogP contribution in [0.4, 0.5) is 4.79 Å². The first kappa shape index (κ1) is 25.1. The molecule has 35 heavy (non-hydrogen) atoms. The summed E-state index contributed by atoms with van der Waals surface area (Å²) in [6.07, 6.45) is -0.399. The Morgan fingerprint density at radius 3 is 2.57 bits per heavy atom. The van der Waals surface area contributed by atoms with Crippen LogP contribution < -0.4 is 5.32 Å². The van der Waals surface area contributed by atoms with Gasteiger partial charge in [0.2, 0.25) is 0 Å². The maximum atomic E-state index is 13.4.